The molecule has 2 rings (SSSR count). The molecule has 1 aromatic rings. The molecule has 1 N–H and O–H groups in total. The molecule has 0 aromatic heterocycles. The molecule has 0 spiro atoms. The molecular formula is C16H24FNO. The Balaban J connectivity index is 2.35. The largest absolute Gasteiger partial charge is 0.385 e. The van der Waals surface area contributed by atoms with Crippen molar-refractivity contribution in [2.45, 2.75) is 31.8 Å². The van der Waals surface area contributed by atoms with E-state index in [0.29, 0.717) is 0 Å². The number of hydrogen-bond acceptors (Lipinski definition) is 2. The van der Waals surface area contributed by atoms with Gasteiger partial charge in [-0.2, -0.15) is 0 Å². The Morgan fingerprint density at radius 2 is 1.89 bits per heavy atom. The van der Waals surface area contributed by atoms with Crippen LogP contribution in [-0.2, 0) is 5.60 Å². The van der Waals surface area contributed by atoms with Crippen molar-refractivity contribution in [2.24, 2.45) is 11.8 Å². The van der Waals surface area contributed by atoms with Gasteiger partial charge in [-0.3, -0.25) is 0 Å². The molecule has 1 fully saturated rings. The molecule has 0 radical (unpaired) electrons. The van der Waals surface area contributed by atoms with E-state index in [1.54, 1.807) is 12.1 Å². The highest BCUT2D eigenvalue weighted by Gasteiger charge is 2.45. The molecule has 2 nitrogen and oxygen atoms in total. The Morgan fingerprint density at radius 1 is 1.26 bits per heavy atom. The maximum absolute atomic E-state index is 13.1. The Labute approximate surface area is 115 Å². The number of aliphatic hydroxyl groups is 1. The fraction of sp³-hybridized carbons (Fsp3) is 0.625. The van der Waals surface area contributed by atoms with Gasteiger partial charge in [0.25, 0.3) is 0 Å². The summed E-state index contributed by atoms with van der Waals surface area (Å²) in [6.07, 6.45) is 3.21. The molecule has 19 heavy (non-hydrogen) atoms. The Kier molecular flexibility index (Phi) is 4.26. The zero-order chi connectivity index (χ0) is 14.0. The van der Waals surface area contributed by atoms with Gasteiger partial charge in [-0.15, -0.1) is 0 Å². The molecule has 0 amide bonds. The van der Waals surface area contributed by atoms with Crippen molar-refractivity contribution in [3.8, 4) is 0 Å². The smallest absolute Gasteiger partial charge is 0.123 e. The van der Waals surface area contributed by atoms with E-state index in [1.165, 1.54) is 12.1 Å². The normalized spacial score (nSPS) is 31.7. The van der Waals surface area contributed by atoms with Crippen LogP contribution < -0.4 is 0 Å². The first-order valence-electron chi connectivity index (χ1n) is 7.07. The van der Waals surface area contributed by atoms with E-state index in [1.807, 2.05) is 14.1 Å². The Hall–Kier alpha value is -0.930. The first-order valence-corrected chi connectivity index (χ1v) is 7.07. The summed E-state index contributed by atoms with van der Waals surface area (Å²) in [6.45, 7) is 2.96. The average Bonchev–Trinajstić information content (AvgIpc) is 2.35. The highest BCUT2D eigenvalue weighted by atomic mass is 19.1. The van der Waals surface area contributed by atoms with Crippen LogP contribution in [0, 0.1) is 17.7 Å². The topological polar surface area (TPSA) is 23.5 Å². The van der Waals surface area contributed by atoms with Gasteiger partial charge in [-0.05, 0) is 50.6 Å². The van der Waals surface area contributed by atoms with Crippen LogP contribution in [0.15, 0.2) is 24.3 Å². The molecule has 3 atom stereocenters. The standard InChI is InChI=1S/C16H24FNO/c1-12-5-4-6-14(11-18(2)3)16(12,19)13-7-9-15(17)10-8-13/h7-10,12,14,19H,4-6,11H2,1-3H3. The van der Waals surface area contributed by atoms with Crippen molar-refractivity contribution in [1.82, 2.24) is 4.90 Å². The SMILES string of the molecule is CC1CCCC(CN(C)C)C1(O)c1ccc(F)cc1. The van der Waals surface area contributed by atoms with E-state index < -0.39 is 5.60 Å². The molecule has 1 aliphatic rings. The second kappa shape index (κ2) is 5.59. The number of rotatable bonds is 3. The lowest BCUT2D eigenvalue weighted by Gasteiger charge is -2.46. The number of benzene rings is 1. The molecule has 3 unspecified atom stereocenters. The van der Waals surface area contributed by atoms with E-state index >= 15 is 0 Å². The van der Waals surface area contributed by atoms with E-state index in [2.05, 4.69) is 11.8 Å². The summed E-state index contributed by atoms with van der Waals surface area (Å²) in [5.74, 6) is 0.161. The maximum Gasteiger partial charge on any atom is 0.123 e. The van der Waals surface area contributed by atoms with Gasteiger partial charge in [0.05, 0.1) is 5.60 Å². The lowest BCUT2D eigenvalue weighted by Crippen LogP contribution is -2.47. The third-order valence-corrected chi connectivity index (χ3v) is 4.46. The van der Waals surface area contributed by atoms with Crippen molar-refractivity contribution in [1.29, 1.82) is 0 Å². The average molecular weight is 265 g/mol. The van der Waals surface area contributed by atoms with Gasteiger partial charge in [0.1, 0.15) is 5.82 Å². The van der Waals surface area contributed by atoms with Crippen LogP contribution in [0.1, 0.15) is 31.7 Å². The molecule has 1 aliphatic carbocycles. The highest BCUT2D eigenvalue weighted by Crippen LogP contribution is 2.45. The Bertz CT molecular complexity index is 417. The summed E-state index contributed by atoms with van der Waals surface area (Å²) < 4.78 is 13.1. The molecular weight excluding hydrogens is 241 g/mol. The predicted octanol–water partition coefficient (Wildman–Crippen LogP) is 3.01. The number of halogens is 1. The lowest BCUT2D eigenvalue weighted by molar-refractivity contribution is -0.101. The fourth-order valence-electron chi connectivity index (χ4n) is 3.42. The van der Waals surface area contributed by atoms with Gasteiger partial charge < -0.3 is 10.0 Å². The zero-order valence-electron chi connectivity index (χ0n) is 12.1. The molecule has 106 valence electrons. The second-order valence-electron chi connectivity index (χ2n) is 6.12. The van der Waals surface area contributed by atoms with Crippen LogP contribution in [0.3, 0.4) is 0 Å². The number of nitrogens with zero attached hydrogens (tertiary/aromatic N) is 1. The molecule has 0 saturated heterocycles. The minimum Gasteiger partial charge on any atom is -0.385 e. The van der Waals surface area contributed by atoms with Gasteiger partial charge in [0.2, 0.25) is 0 Å². The van der Waals surface area contributed by atoms with Gasteiger partial charge in [-0.1, -0.05) is 25.5 Å². The maximum atomic E-state index is 13.1. The monoisotopic (exact) mass is 265 g/mol. The fourth-order valence-corrected chi connectivity index (χ4v) is 3.42. The van der Waals surface area contributed by atoms with E-state index in [-0.39, 0.29) is 17.7 Å². The van der Waals surface area contributed by atoms with Gasteiger partial charge in [0.15, 0.2) is 0 Å². The Morgan fingerprint density at radius 3 is 2.47 bits per heavy atom. The first-order chi connectivity index (χ1) is 8.94. The van der Waals surface area contributed by atoms with Gasteiger partial charge in [-0.25, -0.2) is 4.39 Å². The minimum absolute atomic E-state index is 0.205. The predicted molar refractivity (Wildman–Crippen MR) is 75.4 cm³/mol. The van der Waals surface area contributed by atoms with Crippen LogP contribution in [0.25, 0.3) is 0 Å². The quantitative estimate of drug-likeness (QED) is 0.908. The van der Waals surface area contributed by atoms with Crippen molar-refractivity contribution >= 4 is 0 Å². The summed E-state index contributed by atoms with van der Waals surface area (Å²) in [5.41, 5.74) is 0.0175. The third kappa shape index (κ3) is 2.82. The summed E-state index contributed by atoms with van der Waals surface area (Å²) in [4.78, 5) is 2.12. The molecule has 0 aliphatic heterocycles. The number of hydrogen-bond donors (Lipinski definition) is 1. The zero-order valence-corrected chi connectivity index (χ0v) is 12.1. The van der Waals surface area contributed by atoms with Crippen LogP contribution in [0.5, 0.6) is 0 Å². The summed E-state index contributed by atoms with van der Waals surface area (Å²) in [5, 5.41) is 11.3. The summed E-state index contributed by atoms with van der Waals surface area (Å²) in [7, 11) is 4.06. The van der Waals surface area contributed by atoms with Crippen molar-refractivity contribution in [2.75, 3.05) is 20.6 Å². The van der Waals surface area contributed by atoms with E-state index in [9.17, 15) is 9.50 Å². The van der Waals surface area contributed by atoms with Crippen molar-refractivity contribution < 1.29 is 9.50 Å². The molecule has 1 aromatic carbocycles. The highest BCUT2D eigenvalue weighted by molar-refractivity contribution is 5.26. The van der Waals surface area contributed by atoms with Gasteiger partial charge >= 0.3 is 0 Å². The van der Waals surface area contributed by atoms with Crippen molar-refractivity contribution in [3.05, 3.63) is 35.6 Å². The van der Waals surface area contributed by atoms with Crippen LogP contribution in [0.2, 0.25) is 0 Å². The van der Waals surface area contributed by atoms with Crippen molar-refractivity contribution in [3.63, 3.8) is 0 Å². The molecule has 0 bridgehead atoms. The van der Waals surface area contributed by atoms with Crippen LogP contribution in [-0.4, -0.2) is 30.6 Å². The van der Waals surface area contributed by atoms with E-state index in [0.717, 1.165) is 31.4 Å². The molecule has 0 heterocycles. The lowest BCUT2D eigenvalue weighted by atomic mass is 9.65. The van der Waals surface area contributed by atoms with E-state index in [4.69, 9.17) is 0 Å². The third-order valence-electron chi connectivity index (χ3n) is 4.46. The molecule has 1 saturated carbocycles. The first kappa shape index (κ1) is 14.5. The summed E-state index contributed by atoms with van der Waals surface area (Å²) in [6, 6.07) is 6.36. The summed E-state index contributed by atoms with van der Waals surface area (Å²) >= 11 is 0. The van der Waals surface area contributed by atoms with Gasteiger partial charge in [0, 0.05) is 12.5 Å². The minimum atomic E-state index is -0.837. The molecule has 3 heteroatoms. The van der Waals surface area contributed by atoms with Crippen LogP contribution in [0.4, 0.5) is 4.39 Å². The second-order valence-corrected chi connectivity index (χ2v) is 6.12. The van der Waals surface area contributed by atoms with Crippen LogP contribution >= 0.6 is 0 Å².